The third kappa shape index (κ3) is 3.01. The molecule has 198 valence electrons. The van der Waals surface area contributed by atoms with Gasteiger partial charge in [-0.05, 0) is 111 Å². The van der Waals surface area contributed by atoms with E-state index in [0.29, 0.717) is 17.9 Å². The second kappa shape index (κ2) is 7.52. The molecular weight excluding hydrogens is 452 g/mol. The van der Waals surface area contributed by atoms with Crippen LogP contribution in [0.25, 0.3) is 0 Å². The Bertz CT molecular complexity index is 1170. The number of carboxylic acid groups (broad SMARTS) is 1. The van der Waals surface area contributed by atoms with Crippen molar-refractivity contribution in [3.05, 3.63) is 34.4 Å². The van der Waals surface area contributed by atoms with Gasteiger partial charge in [0.05, 0.1) is 11.5 Å². The van der Waals surface area contributed by atoms with Gasteiger partial charge >= 0.3 is 5.97 Å². The van der Waals surface area contributed by atoms with Crippen molar-refractivity contribution in [1.29, 1.82) is 0 Å². The zero-order chi connectivity index (χ0) is 26.6. The van der Waals surface area contributed by atoms with Crippen molar-refractivity contribution < 1.29 is 25.2 Å². The van der Waals surface area contributed by atoms with E-state index >= 15 is 0 Å². The Hall–Kier alpha value is -2.01. The molecule has 1 aromatic carbocycles. The third-order valence-electron chi connectivity index (χ3n) is 12.2. The number of benzene rings is 1. The largest absolute Gasteiger partial charge is 0.504 e. The predicted octanol–water partition coefficient (Wildman–Crippen LogP) is 6.57. The van der Waals surface area contributed by atoms with Crippen LogP contribution in [0.2, 0.25) is 0 Å². The van der Waals surface area contributed by atoms with Gasteiger partial charge in [0.2, 0.25) is 0 Å². The lowest BCUT2D eigenvalue weighted by Gasteiger charge is -2.70. The Balaban J connectivity index is 1.70. The number of phenols is 2. The number of fused-ring (bicyclic) bond motifs is 7. The number of carboxylic acids is 1. The lowest BCUT2D eigenvalue weighted by atomic mass is 9.34. The first-order valence-electron chi connectivity index (χ1n) is 13.7. The summed E-state index contributed by atoms with van der Waals surface area (Å²) in [5, 5.41) is 42.3. The Morgan fingerprint density at radius 1 is 1.00 bits per heavy atom. The highest BCUT2D eigenvalue weighted by molar-refractivity contribution is 5.74. The number of carbonyl (C=O) groups is 1. The monoisotopic (exact) mass is 496 g/mol. The molecule has 2 unspecified atom stereocenters. The summed E-state index contributed by atoms with van der Waals surface area (Å²) in [7, 11) is 0. The molecule has 0 radical (unpaired) electrons. The van der Waals surface area contributed by atoms with Crippen molar-refractivity contribution in [2.75, 3.05) is 0 Å². The minimum atomic E-state index is -0.692. The van der Waals surface area contributed by atoms with Crippen molar-refractivity contribution in [2.24, 2.45) is 27.6 Å². The molecule has 0 spiro atoms. The molecule has 0 aromatic heterocycles. The van der Waals surface area contributed by atoms with Crippen LogP contribution in [0.1, 0.15) is 109 Å². The zero-order valence-corrected chi connectivity index (χ0v) is 23.0. The van der Waals surface area contributed by atoms with E-state index in [2.05, 4.69) is 33.8 Å². The van der Waals surface area contributed by atoms with Gasteiger partial charge in [-0.25, -0.2) is 0 Å². The van der Waals surface area contributed by atoms with E-state index in [1.54, 1.807) is 13.0 Å². The normalized spacial score (nSPS) is 44.4. The fourth-order valence-electron chi connectivity index (χ4n) is 9.36. The number of allylic oxidation sites excluding steroid dienone is 1. The average molecular weight is 497 g/mol. The van der Waals surface area contributed by atoms with Crippen molar-refractivity contribution in [1.82, 2.24) is 0 Å². The lowest BCUT2D eigenvalue weighted by Crippen LogP contribution is -2.62. The molecule has 3 fully saturated rings. The Kier molecular flexibility index (Phi) is 5.36. The third-order valence-corrected chi connectivity index (χ3v) is 12.2. The molecule has 0 aliphatic heterocycles. The summed E-state index contributed by atoms with van der Waals surface area (Å²) >= 11 is 0. The number of aliphatic carboxylic acids is 1. The molecule has 36 heavy (non-hydrogen) atoms. The maximum Gasteiger partial charge on any atom is 0.309 e. The first kappa shape index (κ1) is 25.6. The molecule has 1 aromatic rings. The Morgan fingerprint density at radius 3 is 2.25 bits per heavy atom. The lowest BCUT2D eigenvalue weighted by molar-refractivity contribution is -0.177. The Labute approximate surface area is 215 Å². The van der Waals surface area contributed by atoms with Gasteiger partial charge < -0.3 is 20.4 Å². The number of hydrogen-bond acceptors (Lipinski definition) is 4. The van der Waals surface area contributed by atoms with Crippen molar-refractivity contribution in [3.63, 3.8) is 0 Å². The summed E-state index contributed by atoms with van der Waals surface area (Å²) in [6.45, 7) is 15.0. The maximum atomic E-state index is 12.3. The second-order valence-corrected chi connectivity index (χ2v) is 14.0. The molecule has 5 rings (SSSR count). The number of aliphatic hydroxyl groups is 1. The van der Waals surface area contributed by atoms with Crippen LogP contribution in [-0.2, 0) is 10.2 Å². The van der Waals surface area contributed by atoms with Crippen LogP contribution >= 0.6 is 0 Å². The van der Waals surface area contributed by atoms with Gasteiger partial charge in [-0.3, -0.25) is 4.79 Å². The number of hydrogen-bond donors (Lipinski definition) is 4. The van der Waals surface area contributed by atoms with Crippen molar-refractivity contribution >= 4 is 5.97 Å². The van der Waals surface area contributed by atoms with Gasteiger partial charge in [0.25, 0.3) is 0 Å². The second-order valence-electron chi connectivity index (χ2n) is 14.0. The van der Waals surface area contributed by atoms with E-state index in [4.69, 9.17) is 0 Å². The van der Waals surface area contributed by atoms with E-state index in [1.165, 1.54) is 5.57 Å². The van der Waals surface area contributed by atoms with Gasteiger partial charge in [0.1, 0.15) is 0 Å². The van der Waals surface area contributed by atoms with Gasteiger partial charge in [-0.2, -0.15) is 0 Å². The van der Waals surface area contributed by atoms with Crippen LogP contribution in [0.5, 0.6) is 11.5 Å². The standard InChI is InChI=1S/C31H44O5/c1-17-24-19(18(2)32)14-22-29(5,20(24)15-21(33)25(17)34)11-13-31(7)23-16-28(4,26(35)36)9-8-27(23,3)10-12-30(22,31)6/h14-15,18-19,23,32-34H,8-13,16H2,1-7H3,(H,35,36)/t18?,19-,23?,27+,28+,29-,30+,31-/m0/s1. The summed E-state index contributed by atoms with van der Waals surface area (Å²) in [6.07, 6.45) is 8.02. The minimum absolute atomic E-state index is 0.0722. The molecule has 0 saturated heterocycles. The zero-order valence-electron chi connectivity index (χ0n) is 23.0. The topological polar surface area (TPSA) is 98.0 Å². The average Bonchev–Trinajstić information content (AvgIpc) is 2.80. The summed E-state index contributed by atoms with van der Waals surface area (Å²) in [6, 6.07) is 1.74. The van der Waals surface area contributed by atoms with Crippen molar-refractivity contribution in [3.8, 4) is 11.5 Å². The van der Waals surface area contributed by atoms with Crippen LogP contribution < -0.4 is 0 Å². The fourth-order valence-corrected chi connectivity index (χ4v) is 9.36. The molecule has 3 saturated carbocycles. The molecular formula is C31H44O5. The minimum Gasteiger partial charge on any atom is -0.504 e. The van der Waals surface area contributed by atoms with Crippen LogP contribution in [-0.4, -0.2) is 32.5 Å². The highest BCUT2D eigenvalue weighted by atomic mass is 16.4. The predicted molar refractivity (Wildman–Crippen MR) is 140 cm³/mol. The van der Waals surface area contributed by atoms with Gasteiger partial charge in [0.15, 0.2) is 11.5 Å². The van der Waals surface area contributed by atoms with Crippen molar-refractivity contribution in [2.45, 2.75) is 111 Å². The number of aromatic hydroxyl groups is 2. The Morgan fingerprint density at radius 2 is 1.64 bits per heavy atom. The molecule has 8 atom stereocenters. The summed E-state index contributed by atoms with van der Waals surface area (Å²) in [5.41, 5.74) is 2.83. The first-order valence-corrected chi connectivity index (χ1v) is 13.7. The van der Waals surface area contributed by atoms with Crippen LogP contribution in [0.3, 0.4) is 0 Å². The highest BCUT2D eigenvalue weighted by Gasteiger charge is 2.67. The molecule has 5 heteroatoms. The molecule has 0 bridgehead atoms. The highest BCUT2D eigenvalue weighted by Crippen LogP contribution is 2.75. The summed E-state index contributed by atoms with van der Waals surface area (Å²) in [5.74, 6) is -0.845. The van der Waals surface area contributed by atoms with Gasteiger partial charge in [-0.15, -0.1) is 0 Å². The molecule has 5 nitrogen and oxygen atoms in total. The van der Waals surface area contributed by atoms with Crippen LogP contribution in [0.4, 0.5) is 0 Å². The summed E-state index contributed by atoms with van der Waals surface area (Å²) in [4.78, 5) is 12.3. The first-order chi connectivity index (χ1) is 16.5. The molecule has 4 aliphatic carbocycles. The van der Waals surface area contributed by atoms with Crippen LogP contribution in [0.15, 0.2) is 17.7 Å². The molecule has 4 N–H and O–H groups in total. The number of aliphatic hydroxyl groups excluding tert-OH is 1. The summed E-state index contributed by atoms with van der Waals surface area (Å²) < 4.78 is 0. The van der Waals surface area contributed by atoms with E-state index in [1.807, 2.05) is 13.8 Å². The van der Waals surface area contributed by atoms with E-state index in [0.717, 1.165) is 49.7 Å². The van der Waals surface area contributed by atoms with Gasteiger partial charge in [0, 0.05) is 11.3 Å². The SMILES string of the molecule is Cc1c(O)c(O)cc2c1[C@H](C(C)O)C=C1[C@@]2(C)CC[C@@]2(C)C3C[C@](C)(C(=O)O)CC[C@]3(C)CC[C@]12C. The van der Waals surface area contributed by atoms with E-state index in [9.17, 15) is 25.2 Å². The smallest absolute Gasteiger partial charge is 0.309 e. The van der Waals surface area contributed by atoms with E-state index < -0.39 is 17.5 Å². The van der Waals surface area contributed by atoms with Crippen LogP contribution in [0, 0.1) is 34.5 Å². The van der Waals surface area contributed by atoms with Gasteiger partial charge in [-0.1, -0.05) is 39.3 Å². The van der Waals surface area contributed by atoms with E-state index in [-0.39, 0.29) is 39.1 Å². The maximum absolute atomic E-state index is 12.3. The molecule has 4 aliphatic rings. The quantitative estimate of drug-likeness (QED) is 0.274. The number of phenolic OH excluding ortho intramolecular Hbond substituents is 2. The molecule has 0 amide bonds. The number of rotatable bonds is 2. The molecule has 0 heterocycles. The fraction of sp³-hybridized carbons (Fsp3) is 0.710.